The minimum absolute atomic E-state index is 0.0623. The third-order valence-corrected chi connectivity index (χ3v) is 10.1. The van der Waals surface area contributed by atoms with Gasteiger partial charge in [-0.3, -0.25) is 19.2 Å². The zero-order chi connectivity index (χ0) is 29.6. The van der Waals surface area contributed by atoms with Gasteiger partial charge in [0.2, 0.25) is 17.6 Å². The minimum Gasteiger partial charge on any atom is -0.363 e. The molecule has 40 heavy (non-hydrogen) atoms. The highest BCUT2D eigenvalue weighted by Gasteiger charge is 2.70. The van der Waals surface area contributed by atoms with Crippen LogP contribution in [0.3, 0.4) is 0 Å². The van der Waals surface area contributed by atoms with Crippen LogP contribution in [0.1, 0.15) is 99.3 Å². The van der Waals surface area contributed by atoms with Crippen molar-refractivity contribution in [2.75, 3.05) is 6.54 Å². The van der Waals surface area contributed by atoms with Crippen molar-refractivity contribution in [3.05, 3.63) is 0 Å². The first-order chi connectivity index (χ1) is 18.5. The monoisotopic (exact) mass is 559 g/mol. The first-order valence-electron chi connectivity index (χ1n) is 15.1. The number of primary amides is 1. The fraction of sp³-hybridized carbons (Fsp3) is 0.833. The van der Waals surface area contributed by atoms with E-state index in [0.717, 1.165) is 51.4 Å². The predicted molar refractivity (Wildman–Crippen MR) is 151 cm³/mol. The molecule has 0 aromatic rings. The van der Waals surface area contributed by atoms with Crippen molar-refractivity contribution in [1.82, 2.24) is 20.9 Å². The van der Waals surface area contributed by atoms with Crippen LogP contribution >= 0.6 is 0 Å². The Kier molecular flexibility index (Phi) is 8.31. The first-order valence-corrected chi connectivity index (χ1v) is 15.1. The van der Waals surface area contributed by atoms with Crippen molar-refractivity contribution >= 4 is 29.5 Å². The molecule has 3 aliphatic carbocycles. The lowest BCUT2D eigenvalue weighted by Gasteiger charge is -2.43. The van der Waals surface area contributed by atoms with Gasteiger partial charge in [-0.25, -0.2) is 4.79 Å². The third kappa shape index (κ3) is 6.15. The number of likely N-dealkylation sites (tertiary alicyclic amines) is 1. The Morgan fingerprint density at radius 3 is 2.10 bits per heavy atom. The topological polar surface area (TPSA) is 151 Å². The molecule has 0 aromatic heterocycles. The summed E-state index contributed by atoms with van der Waals surface area (Å²) in [5.41, 5.74) is 4.29. The molecule has 3 saturated carbocycles. The van der Waals surface area contributed by atoms with Gasteiger partial charge in [0.1, 0.15) is 12.1 Å². The Morgan fingerprint density at radius 2 is 1.57 bits per heavy atom. The summed E-state index contributed by atoms with van der Waals surface area (Å²) in [5.74, 6) is -2.18. The number of fused-ring (bicyclic) bond motifs is 1. The van der Waals surface area contributed by atoms with Gasteiger partial charge in [-0.2, -0.15) is 0 Å². The second-order valence-electron chi connectivity index (χ2n) is 14.7. The number of amides is 5. The fourth-order valence-corrected chi connectivity index (χ4v) is 7.39. The Morgan fingerprint density at radius 1 is 0.950 bits per heavy atom. The van der Waals surface area contributed by atoms with Gasteiger partial charge in [-0.1, -0.05) is 59.3 Å². The van der Waals surface area contributed by atoms with Gasteiger partial charge in [0, 0.05) is 12.1 Å². The number of nitrogens with one attached hydrogen (secondary N) is 3. The third-order valence-electron chi connectivity index (χ3n) is 10.1. The summed E-state index contributed by atoms with van der Waals surface area (Å²) < 4.78 is 0. The number of Topliss-reactive ketones (excluding diaryl/α,β-unsaturated/α-hetero) is 1. The van der Waals surface area contributed by atoms with E-state index < -0.39 is 52.7 Å². The van der Waals surface area contributed by atoms with Crippen LogP contribution in [0.5, 0.6) is 0 Å². The quantitative estimate of drug-likeness (QED) is 0.320. The first kappa shape index (κ1) is 30.3. The van der Waals surface area contributed by atoms with Gasteiger partial charge in [-0.05, 0) is 68.6 Å². The molecule has 5 amide bonds. The number of nitrogens with zero attached hydrogens (tertiary/aromatic N) is 1. The average Bonchev–Trinajstić information content (AvgIpc) is 3.14. The van der Waals surface area contributed by atoms with E-state index in [4.69, 9.17) is 5.73 Å². The highest BCUT2D eigenvalue weighted by molar-refractivity contribution is 6.37. The van der Waals surface area contributed by atoms with E-state index in [1.165, 1.54) is 0 Å². The summed E-state index contributed by atoms with van der Waals surface area (Å²) in [6.07, 6.45) is 7.99. The van der Waals surface area contributed by atoms with Crippen molar-refractivity contribution in [3.8, 4) is 0 Å². The maximum atomic E-state index is 14.4. The molecular formula is C30H49N5O5. The molecule has 224 valence electrons. The molecular weight excluding hydrogens is 510 g/mol. The molecule has 0 radical (unpaired) electrons. The van der Waals surface area contributed by atoms with Crippen LogP contribution in [-0.4, -0.2) is 64.6 Å². The SMILES string of the molecule is CC(C)(C)NC(=O)N[C@H](C(=O)N1C[C@H]2[C@@H]([C@H]1C(=O)NC(CC1CCC1)C(=O)C(N)=O)C2(C)C)C1(C)CCCCC1. The average molecular weight is 560 g/mol. The van der Waals surface area contributed by atoms with Crippen LogP contribution in [0.4, 0.5) is 4.79 Å². The number of carbonyl (C=O) groups excluding carboxylic acids is 5. The van der Waals surface area contributed by atoms with Crippen LogP contribution in [0.25, 0.3) is 0 Å². The normalized spacial score (nSPS) is 28.4. The molecule has 1 aliphatic heterocycles. The molecule has 10 heteroatoms. The highest BCUT2D eigenvalue weighted by Crippen LogP contribution is 2.65. The van der Waals surface area contributed by atoms with Gasteiger partial charge in [0.25, 0.3) is 5.91 Å². The van der Waals surface area contributed by atoms with Crippen LogP contribution < -0.4 is 21.7 Å². The van der Waals surface area contributed by atoms with Crippen molar-refractivity contribution in [2.45, 2.75) is 123 Å². The lowest BCUT2D eigenvalue weighted by molar-refractivity contribution is -0.146. The number of hydrogen-bond donors (Lipinski definition) is 4. The summed E-state index contributed by atoms with van der Waals surface area (Å²) in [6.45, 7) is 12.3. The number of nitrogens with two attached hydrogens (primary N) is 1. The van der Waals surface area contributed by atoms with E-state index in [1.54, 1.807) is 4.90 Å². The van der Waals surface area contributed by atoms with Crippen LogP contribution in [-0.2, 0) is 19.2 Å². The van der Waals surface area contributed by atoms with E-state index in [2.05, 4.69) is 36.7 Å². The zero-order valence-electron chi connectivity index (χ0n) is 25.1. The standard InChI is InChI=1S/C30H49N5O5/c1-28(2,3)34-27(40)33-23(30(6)13-8-7-9-14-30)26(39)35-16-18-20(29(18,4)5)21(35)25(38)32-19(22(36)24(31)37)15-17-11-10-12-17/h17-21,23H,7-16H2,1-6H3,(H2,31,37)(H,32,38)(H2,33,34,40)/t18-,19?,20-,21-,23+/m0/s1. The Labute approximate surface area is 238 Å². The van der Waals surface area contributed by atoms with Gasteiger partial charge in [0.15, 0.2) is 0 Å². The van der Waals surface area contributed by atoms with E-state index in [0.29, 0.717) is 13.0 Å². The number of hydrogen-bond acceptors (Lipinski definition) is 5. The molecule has 0 spiro atoms. The Bertz CT molecular complexity index is 1040. The number of carbonyl (C=O) groups is 5. The Hall–Kier alpha value is -2.65. The van der Waals surface area contributed by atoms with Gasteiger partial charge in [0.05, 0.1) is 6.04 Å². The van der Waals surface area contributed by atoms with E-state index in [-0.39, 0.29) is 29.1 Å². The molecule has 5 atom stereocenters. The summed E-state index contributed by atoms with van der Waals surface area (Å²) in [4.78, 5) is 67.4. The fourth-order valence-electron chi connectivity index (χ4n) is 7.39. The van der Waals surface area contributed by atoms with Gasteiger partial charge >= 0.3 is 6.03 Å². The second-order valence-corrected chi connectivity index (χ2v) is 14.7. The minimum atomic E-state index is -1.06. The number of rotatable bonds is 9. The molecule has 4 fully saturated rings. The Balaban J connectivity index is 1.59. The summed E-state index contributed by atoms with van der Waals surface area (Å²) in [5, 5.41) is 8.75. The molecule has 5 N–H and O–H groups in total. The molecule has 4 rings (SSSR count). The van der Waals surface area contributed by atoms with Crippen molar-refractivity contribution in [3.63, 3.8) is 0 Å². The lowest BCUT2D eigenvalue weighted by Crippen LogP contribution is -2.63. The smallest absolute Gasteiger partial charge is 0.315 e. The molecule has 1 saturated heterocycles. The van der Waals surface area contributed by atoms with Crippen molar-refractivity contribution < 1.29 is 24.0 Å². The van der Waals surface area contributed by atoms with Gasteiger partial charge in [-0.15, -0.1) is 0 Å². The van der Waals surface area contributed by atoms with Crippen molar-refractivity contribution in [1.29, 1.82) is 0 Å². The highest BCUT2D eigenvalue weighted by atomic mass is 16.2. The zero-order valence-corrected chi connectivity index (χ0v) is 25.1. The molecule has 4 aliphatic rings. The van der Waals surface area contributed by atoms with Gasteiger partial charge < -0.3 is 26.6 Å². The largest absolute Gasteiger partial charge is 0.363 e. The predicted octanol–water partition coefficient (Wildman–Crippen LogP) is 2.64. The number of urea groups is 1. The van der Waals surface area contributed by atoms with Crippen LogP contribution in [0.2, 0.25) is 0 Å². The summed E-state index contributed by atoms with van der Waals surface area (Å²) >= 11 is 0. The summed E-state index contributed by atoms with van der Waals surface area (Å²) in [6, 6.07) is -2.96. The molecule has 0 aromatic carbocycles. The van der Waals surface area contributed by atoms with E-state index in [9.17, 15) is 24.0 Å². The second kappa shape index (κ2) is 11.0. The van der Waals surface area contributed by atoms with Crippen molar-refractivity contribution in [2.24, 2.45) is 34.3 Å². The number of piperidine rings is 1. The maximum absolute atomic E-state index is 14.4. The van der Waals surface area contributed by atoms with Crippen LogP contribution in [0, 0.1) is 28.6 Å². The lowest BCUT2D eigenvalue weighted by atomic mass is 9.70. The molecule has 0 bridgehead atoms. The molecule has 10 nitrogen and oxygen atoms in total. The van der Waals surface area contributed by atoms with E-state index in [1.807, 2.05) is 20.8 Å². The number of ketones is 1. The van der Waals surface area contributed by atoms with Crippen LogP contribution in [0.15, 0.2) is 0 Å². The maximum Gasteiger partial charge on any atom is 0.315 e. The van der Waals surface area contributed by atoms with E-state index >= 15 is 0 Å². The summed E-state index contributed by atoms with van der Waals surface area (Å²) in [7, 11) is 0. The molecule has 1 heterocycles. The molecule has 1 unspecified atom stereocenters.